The average molecular weight is 301 g/mol. The number of anilines is 1. The highest BCUT2D eigenvalue weighted by molar-refractivity contribution is 6.43. The average Bonchev–Trinajstić information content (AvgIpc) is 2.92. The third kappa shape index (κ3) is 3.01. The van der Waals surface area contributed by atoms with Gasteiger partial charge in [0.1, 0.15) is 5.71 Å². The number of hydrogen-bond donors (Lipinski definition) is 2. The number of oxime groups is 1. The summed E-state index contributed by atoms with van der Waals surface area (Å²) in [4.78, 5) is 29.0. The summed E-state index contributed by atoms with van der Waals surface area (Å²) in [5, 5.41) is 10.0. The van der Waals surface area contributed by atoms with Crippen molar-refractivity contribution >= 4 is 23.1 Å². The summed E-state index contributed by atoms with van der Waals surface area (Å²) < 4.78 is 0. The van der Waals surface area contributed by atoms with Crippen LogP contribution in [-0.4, -0.2) is 36.1 Å². The molecule has 1 fully saturated rings. The molecular weight excluding hydrogens is 282 g/mol. The van der Waals surface area contributed by atoms with Gasteiger partial charge in [0.25, 0.3) is 5.91 Å². The van der Waals surface area contributed by atoms with E-state index in [0.29, 0.717) is 23.4 Å². The molecule has 0 aromatic heterocycles. The molecule has 2 aliphatic rings. The Labute approximate surface area is 128 Å². The van der Waals surface area contributed by atoms with Crippen molar-refractivity contribution in [1.82, 2.24) is 5.32 Å². The molecule has 6 nitrogen and oxygen atoms in total. The Morgan fingerprint density at radius 3 is 2.73 bits per heavy atom. The predicted molar refractivity (Wildman–Crippen MR) is 83.0 cm³/mol. The number of rotatable bonds is 3. The van der Waals surface area contributed by atoms with Crippen LogP contribution in [0.25, 0.3) is 0 Å². The van der Waals surface area contributed by atoms with Crippen molar-refractivity contribution in [3.8, 4) is 0 Å². The van der Waals surface area contributed by atoms with Gasteiger partial charge in [0, 0.05) is 24.2 Å². The van der Waals surface area contributed by atoms with E-state index in [0.717, 1.165) is 25.9 Å². The minimum absolute atomic E-state index is 0.00168. The van der Waals surface area contributed by atoms with E-state index in [2.05, 4.69) is 15.8 Å². The Balaban J connectivity index is 1.61. The maximum atomic E-state index is 12.3. The van der Waals surface area contributed by atoms with Gasteiger partial charge < -0.3 is 15.5 Å². The van der Waals surface area contributed by atoms with Crippen LogP contribution in [-0.2, 0) is 9.63 Å². The quantitative estimate of drug-likeness (QED) is 0.833. The molecular formula is C16H19N3O3. The molecule has 1 aromatic carbocycles. The first-order valence-corrected chi connectivity index (χ1v) is 7.46. The summed E-state index contributed by atoms with van der Waals surface area (Å²) in [6, 6.07) is 6.81. The first-order chi connectivity index (χ1) is 10.6. The Kier molecular flexibility index (Phi) is 3.94. The molecule has 2 heterocycles. The standard InChI is InChI=1S/C16H19N3O3/c1-11(20)12-3-5-13(6-4-12)18-15(21)14-9-16(22-19-14)7-2-8-17-10-16/h3-6,17H,2,7-10H2,1H3,(H,18,21)/t16-/m1/s1. The van der Waals surface area contributed by atoms with Crippen LogP contribution in [0, 0.1) is 0 Å². The molecule has 22 heavy (non-hydrogen) atoms. The fraction of sp³-hybridized carbons (Fsp3) is 0.438. The van der Waals surface area contributed by atoms with Gasteiger partial charge in [0.2, 0.25) is 0 Å². The third-order valence-corrected chi connectivity index (χ3v) is 4.08. The Morgan fingerprint density at radius 2 is 2.09 bits per heavy atom. The van der Waals surface area contributed by atoms with E-state index in [4.69, 9.17) is 4.84 Å². The summed E-state index contributed by atoms with van der Waals surface area (Å²) in [6.45, 7) is 3.21. The fourth-order valence-corrected chi connectivity index (χ4v) is 2.80. The van der Waals surface area contributed by atoms with Crippen molar-refractivity contribution in [3.63, 3.8) is 0 Å². The highest BCUT2D eigenvalue weighted by Gasteiger charge is 2.42. The summed E-state index contributed by atoms with van der Waals surface area (Å²) >= 11 is 0. The molecule has 0 saturated carbocycles. The van der Waals surface area contributed by atoms with E-state index in [1.54, 1.807) is 24.3 Å². The Bertz CT molecular complexity index is 616. The number of nitrogens with one attached hydrogen (secondary N) is 2. The van der Waals surface area contributed by atoms with Gasteiger partial charge in [-0.05, 0) is 50.6 Å². The second-order valence-electron chi connectivity index (χ2n) is 5.86. The van der Waals surface area contributed by atoms with Crippen LogP contribution in [0.2, 0.25) is 0 Å². The molecule has 1 saturated heterocycles. The van der Waals surface area contributed by atoms with E-state index in [9.17, 15) is 9.59 Å². The lowest BCUT2D eigenvalue weighted by Gasteiger charge is -2.30. The van der Waals surface area contributed by atoms with Gasteiger partial charge in [0.15, 0.2) is 11.4 Å². The maximum Gasteiger partial charge on any atom is 0.273 e. The van der Waals surface area contributed by atoms with Crippen molar-refractivity contribution in [2.45, 2.75) is 31.8 Å². The molecule has 0 unspecified atom stereocenters. The van der Waals surface area contributed by atoms with Crippen molar-refractivity contribution < 1.29 is 14.4 Å². The third-order valence-electron chi connectivity index (χ3n) is 4.08. The first-order valence-electron chi connectivity index (χ1n) is 7.46. The van der Waals surface area contributed by atoms with Crippen molar-refractivity contribution in [2.24, 2.45) is 5.16 Å². The number of nitrogens with zero attached hydrogens (tertiary/aromatic N) is 1. The molecule has 0 aliphatic carbocycles. The van der Waals surface area contributed by atoms with E-state index in [1.807, 2.05) is 0 Å². The van der Waals surface area contributed by atoms with Crippen LogP contribution in [0.3, 0.4) is 0 Å². The van der Waals surface area contributed by atoms with Crippen LogP contribution in [0.5, 0.6) is 0 Å². The van der Waals surface area contributed by atoms with Gasteiger partial charge in [-0.25, -0.2) is 0 Å². The minimum atomic E-state index is -0.358. The summed E-state index contributed by atoms with van der Waals surface area (Å²) in [5.74, 6) is -0.254. The van der Waals surface area contributed by atoms with Crippen LogP contribution < -0.4 is 10.6 Å². The number of amides is 1. The molecule has 116 valence electrons. The normalized spacial score (nSPS) is 23.8. The van der Waals surface area contributed by atoms with E-state index < -0.39 is 0 Å². The number of ketones is 1. The van der Waals surface area contributed by atoms with Crippen LogP contribution in [0.4, 0.5) is 5.69 Å². The minimum Gasteiger partial charge on any atom is -0.387 e. The van der Waals surface area contributed by atoms with Gasteiger partial charge in [0.05, 0.1) is 0 Å². The monoisotopic (exact) mass is 301 g/mol. The molecule has 2 aliphatic heterocycles. The molecule has 1 atom stereocenters. The SMILES string of the molecule is CC(=O)c1ccc(NC(=O)C2=NO[C@]3(CCCNC3)C2)cc1. The van der Waals surface area contributed by atoms with Gasteiger partial charge in [-0.1, -0.05) is 5.16 Å². The highest BCUT2D eigenvalue weighted by Crippen LogP contribution is 2.30. The number of carbonyl (C=O) groups is 2. The molecule has 2 N–H and O–H groups in total. The fourth-order valence-electron chi connectivity index (χ4n) is 2.80. The molecule has 1 aromatic rings. The largest absolute Gasteiger partial charge is 0.387 e. The number of benzene rings is 1. The second kappa shape index (κ2) is 5.88. The van der Waals surface area contributed by atoms with Crippen molar-refractivity contribution in [3.05, 3.63) is 29.8 Å². The van der Waals surface area contributed by atoms with Crippen molar-refractivity contribution in [2.75, 3.05) is 18.4 Å². The molecule has 1 spiro atoms. The van der Waals surface area contributed by atoms with Gasteiger partial charge in [-0.3, -0.25) is 9.59 Å². The lowest BCUT2D eigenvalue weighted by Crippen LogP contribution is -2.46. The number of hydrogen-bond acceptors (Lipinski definition) is 5. The first kappa shape index (κ1) is 14.7. The Morgan fingerprint density at radius 1 is 1.32 bits per heavy atom. The zero-order valence-electron chi connectivity index (χ0n) is 12.5. The smallest absolute Gasteiger partial charge is 0.273 e. The van der Waals surface area contributed by atoms with Gasteiger partial charge >= 0.3 is 0 Å². The maximum absolute atomic E-state index is 12.3. The summed E-state index contributed by atoms with van der Waals surface area (Å²) in [6.07, 6.45) is 2.46. The second-order valence-corrected chi connectivity index (χ2v) is 5.86. The number of Topliss-reactive ketones (excluding diaryl/α,β-unsaturated/α-hetero) is 1. The molecule has 6 heteroatoms. The van der Waals surface area contributed by atoms with E-state index in [1.165, 1.54) is 6.92 Å². The zero-order valence-corrected chi connectivity index (χ0v) is 12.5. The van der Waals surface area contributed by atoms with E-state index in [-0.39, 0.29) is 17.3 Å². The topological polar surface area (TPSA) is 79.8 Å². The number of piperidine rings is 1. The lowest BCUT2D eigenvalue weighted by molar-refractivity contribution is -0.110. The van der Waals surface area contributed by atoms with Crippen molar-refractivity contribution in [1.29, 1.82) is 0 Å². The van der Waals surface area contributed by atoms with Crippen LogP contribution in [0.15, 0.2) is 29.4 Å². The van der Waals surface area contributed by atoms with Crippen LogP contribution >= 0.6 is 0 Å². The number of carbonyl (C=O) groups excluding carboxylic acids is 2. The summed E-state index contributed by atoms with van der Waals surface area (Å²) in [5.41, 5.74) is 1.31. The zero-order chi connectivity index (χ0) is 15.6. The predicted octanol–water partition coefficient (Wildman–Crippen LogP) is 1.73. The van der Waals surface area contributed by atoms with Gasteiger partial charge in [-0.2, -0.15) is 0 Å². The molecule has 3 rings (SSSR count). The molecule has 0 radical (unpaired) electrons. The highest BCUT2D eigenvalue weighted by atomic mass is 16.7. The van der Waals surface area contributed by atoms with Crippen LogP contribution in [0.1, 0.15) is 36.5 Å². The Hall–Kier alpha value is -2.21. The lowest BCUT2D eigenvalue weighted by atomic mass is 9.89. The van der Waals surface area contributed by atoms with E-state index >= 15 is 0 Å². The molecule has 0 bridgehead atoms. The molecule has 1 amide bonds. The van der Waals surface area contributed by atoms with Gasteiger partial charge in [-0.15, -0.1) is 0 Å². The summed E-state index contributed by atoms with van der Waals surface area (Å²) in [7, 11) is 0.